The van der Waals surface area contributed by atoms with E-state index in [1.165, 1.54) is 12.3 Å². The van der Waals surface area contributed by atoms with Crippen LogP contribution in [-0.2, 0) is 16.4 Å². The fraction of sp³-hybridized carbons (Fsp3) is 0.143. The lowest BCUT2D eigenvalue weighted by atomic mass is 10.2. The average molecular weight is 356 g/mol. The summed E-state index contributed by atoms with van der Waals surface area (Å²) < 4.78 is 29.4. The monoisotopic (exact) mass is 355 g/mol. The van der Waals surface area contributed by atoms with Gasteiger partial charge >= 0.3 is 0 Å². The molecule has 0 saturated carbocycles. The van der Waals surface area contributed by atoms with Crippen molar-refractivity contribution in [2.45, 2.75) is 11.5 Å². The second-order valence-electron chi connectivity index (χ2n) is 4.43. The van der Waals surface area contributed by atoms with E-state index in [0.717, 1.165) is 10.0 Å². The van der Waals surface area contributed by atoms with E-state index in [1.54, 1.807) is 24.3 Å². The molecule has 0 aliphatic carbocycles. The Labute approximate surface area is 126 Å². The van der Waals surface area contributed by atoms with Gasteiger partial charge in [0.25, 0.3) is 0 Å². The summed E-state index contributed by atoms with van der Waals surface area (Å²) in [7, 11) is -3.23. The average Bonchev–Trinajstić information content (AvgIpc) is 2.35. The van der Waals surface area contributed by atoms with Crippen molar-refractivity contribution in [3.8, 4) is 5.75 Å². The number of benzene rings is 2. The van der Waals surface area contributed by atoms with Gasteiger partial charge in [-0.25, -0.2) is 8.42 Å². The molecule has 0 saturated heterocycles. The molecule has 2 rings (SSSR count). The van der Waals surface area contributed by atoms with Gasteiger partial charge < -0.3 is 10.5 Å². The normalized spacial score (nSPS) is 11.3. The topological polar surface area (TPSA) is 69.4 Å². The highest BCUT2D eigenvalue weighted by Gasteiger charge is 2.08. The molecule has 0 aliphatic heterocycles. The quantitative estimate of drug-likeness (QED) is 0.855. The van der Waals surface area contributed by atoms with Crippen LogP contribution >= 0.6 is 15.9 Å². The highest BCUT2D eigenvalue weighted by molar-refractivity contribution is 9.10. The third-order valence-corrected chi connectivity index (χ3v) is 4.19. The fourth-order valence-corrected chi connectivity index (χ4v) is 2.93. The Hall–Kier alpha value is -1.53. The molecular weight excluding hydrogens is 342 g/mol. The lowest BCUT2D eigenvalue weighted by molar-refractivity contribution is 0.305. The highest BCUT2D eigenvalue weighted by Crippen LogP contribution is 2.21. The Morgan fingerprint density at radius 2 is 1.95 bits per heavy atom. The Bertz CT molecular complexity index is 709. The van der Waals surface area contributed by atoms with E-state index in [0.29, 0.717) is 18.0 Å². The van der Waals surface area contributed by atoms with Gasteiger partial charge in [-0.1, -0.05) is 22.0 Å². The number of hydrogen-bond donors (Lipinski definition) is 1. The highest BCUT2D eigenvalue weighted by atomic mass is 79.9. The molecule has 0 fully saturated rings. The van der Waals surface area contributed by atoms with Crippen LogP contribution < -0.4 is 10.5 Å². The van der Waals surface area contributed by atoms with E-state index < -0.39 is 9.84 Å². The molecule has 0 heterocycles. The van der Waals surface area contributed by atoms with Gasteiger partial charge in [0.15, 0.2) is 9.84 Å². The summed E-state index contributed by atoms with van der Waals surface area (Å²) in [5.41, 5.74) is 7.29. The van der Waals surface area contributed by atoms with Crippen LogP contribution in [0, 0.1) is 0 Å². The molecule has 4 nitrogen and oxygen atoms in total. The minimum absolute atomic E-state index is 0.240. The Kier molecular flexibility index (Phi) is 4.35. The van der Waals surface area contributed by atoms with Gasteiger partial charge in [0.1, 0.15) is 12.4 Å². The van der Waals surface area contributed by atoms with Crippen LogP contribution in [0.25, 0.3) is 0 Å². The molecule has 2 N–H and O–H groups in total. The molecule has 0 radical (unpaired) electrons. The summed E-state index contributed by atoms with van der Waals surface area (Å²) in [5.74, 6) is 0.506. The summed E-state index contributed by atoms with van der Waals surface area (Å²) in [5, 5.41) is 0. The van der Waals surface area contributed by atoms with E-state index in [4.69, 9.17) is 10.5 Å². The lowest BCUT2D eigenvalue weighted by Gasteiger charge is -2.08. The first-order chi connectivity index (χ1) is 9.34. The molecule has 0 atom stereocenters. The summed E-state index contributed by atoms with van der Waals surface area (Å²) in [6.07, 6.45) is 1.17. The van der Waals surface area contributed by atoms with Gasteiger partial charge in [0, 0.05) is 16.4 Å². The van der Waals surface area contributed by atoms with E-state index in [9.17, 15) is 8.42 Å². The van der Waals surface area contributed by atoms with Crippen LogP contribution in [0.1, 0.15) is 5.56 Å². The Morgan fingerprint density at radius 1 is 1.20 bits per heavy atom. The first-order valence-corrected chi connectivity index (χ1v) is 8.51. The Morgan fingerprint density at radius 3 is 2.60 bits per heavy atom. The van der Waals surface area contributed by atoms with Crippen molar-refractivity contribution in [3.05, 3.63) is 52.5 Å². The van der Waals surface area contributed by atoms with Crippen LogP contribution in [0.15, 0.2) is 51.8 Å². The second kappa shape index (κ2) is 5.85. The third kappa shape index (κ3) is 3.98. The van der Waals surface area contributed by atoms with Crippen molar-refractivity contribution in [1.29, 1.82) is 0 Å². The van der Waals surface area contributed by atoms with Gasteiger partial charge in [-0.05, 0) is 42.0 Å². The number of nitrogens with two attached hydrogens (primary N) is 1. The molecule has 0 unspecified atom stereocenters. The predicted molar refractivity (Wildman–Crippen MR) is 82.4 cm³/mol. The minimum atomic E-state index is -3.23. The zero-order valence-electron chi connectivity index (χ0n) is 10.8. The minimum Gasteiger partial charge on any atom is -0.489 e. The lowest BCUT2D eigenvalue weighted by Crippen LogP contribution is -2.00. The summed E-state index contributed by atoms with van der Waals surface area (Å²) in [6.45, 7) is 0.316. The molecule has 2 aromatic carbocycles. The SMILES string of the molecule is CS(=O)(=O)c1cccc(OCc2cc(N)cc(Br)c2)c1. The number of rotatable bonds is 4. The van der Waals surface area contributed by atoms with Crippen molar-refractivity contribution >= 4 is 31.5 Å². The standard InChI is InChI=1S/C14H14BrNO3S/c1-20(17,18)14-4-2-3-13(8-14)19-9-10-5-11(15)7-12(16)6-10/h2-8H,9,16H2,1H3. The van der Waals surface area contributed by atoms with E-state index in [1.807, 2.05) is 12.1 Å². The number of anilines is 1. The van der Waals surface area contributed by atoms with E-state index >= 15 is 0 Å². The van der Waals surface area contributed by atoms with Crippen molar-refractivity contribution in [2.75, 3.05) is 12.0 Å². The number of ether oxygens (including phenoxy) is 1. The fourth-order valence-electron chi connectivity index (χ4n) is 1.72. The third-order valence-electron chi connectivity index (χ3n) is 2.62. The number of nitrogen functional groups attached to an aromatic ring is 1. The van der Waals surface area contributed by atoms with Crippen LogP contribution in [0.2, 0.25) is 0 Å². The predicted octanol–water partition coefficient (Wildman–Crippen LogP) is 3.01. The molecule has 0 aliphatic rings. The number of sulfone groups is 1. The molecule has 0 aromatic heterocycles. The largest absolute Gasteiger partial charge is 0.489 e. The van der Waals surface area contributed by atoms with Crippen LogP contribution in [0.4, 0.5) is 5.69 Å². The van der Waals surface area contributed by atoms with Crippen molar-refractivity contribution < 1.29 is 13.2 Å². The molecule has 6 heteroatoms. The molecule has 0 spiro atoms. The Balaban J connectivity index is 2.15. The maximum Gasteiger partial charge on any atom is 0.175 e. The van der Waals surface area contributed by atoms with Gasteiger partial charge in [-0.3, -0.25) is 0 Å². The maximum atomic E-state index is 11.5. The van der Waals surface area contributed by atoms with Crippen LogP contribution in [0.5, 0.6) is 5.75 Å². The molecule has 0 bridgehead atoms. The van der Waals surface area contributed by atoms with Gasteiger partial charge in [0.05, 0.1) is 4.90 Å². The van der Waals surface area contributed by atoms with Gasteiger partial charge in [0.2, 0.25) is 0 Å². The maximum absolute atomic E-state index is 11.5. The number of hydrogen-bond acceptors (Lipinski definition) is 4. The zero-order valence-corrected chi connectivity index (χ0v) is 13.2. The van der Waals surface area contributed by atoms with Gasteiger partial charge in [-0.2, -0.15) is 0 Å². The first kappa shape index (κ1) is 14.9. The second-order valence-corrected chi connectivity index (χ2v) is 7.36. The van der Waals surface area contributed by atoms with E-state index in [-0.39, 0.29) is 4.90 Å². The van der Waals surface area contributed by atoms with Crippen molar-refractivity contribution in [2.24, 2.45) is 0 Å². The summed E-state index contributed by atoms with van der Waals surface area (Å²) >= 11 is 3.36. The van der Waals surface area contributed by atoms with E-state index in [2.05, 4.69) is 15.9 Å². The summed E-state index contributed by atoms with van der Waals surface area (Å²) in [4.78, 5) is 0.240. The number of halogens is 1. The van der Waals surface area contributed by atoms with Crippen LogP contribution in [0.3, 0.4) is 0 Å². The molecule has 20 heavy (non-hydrogen) atoms. The van der Waals surface area contributed by atoms with Crippen molar-refractivity contribution in [1.82, 2.24) is 0 Å². The molecule has 2 aromatic rings. The van der Waals surface area contributed by atoms with Crippen molar-refractivity contribution in [3.63, 3.8) is 0 Å². The van der Waals surface area contributed by atoms with Crippen LogP contribution in [-0.4, -0.2) is 14.7 Å². The molecule has 0 amide bonds. The first-order valence-electron chi connectivity index (χ1n) is 5.82. The zero-order chi connectivity index (χ0) is 14.8. The van der Waals surface area contributed by atoms with Gasteiger partial charge in [-0.15, -0.1) is 0 Å². The summed E-state index contributed by atoms with van der Waals surface area (Å²) in [6, 6.07) is 11.9. The smallest absolute Gasteiger partial charge is 0.175 e. The molecule has 106 valence electrons. The molecular formula is C14H14BrNO3S.